The van der Waals surface area contributed by atoms with E-state index in [4.69, 9.17) is 4.74 Å². The van der Waals surface area contributed by atoms with Gasteiger partial charge < -0.3 is 14.6 Å². The van der Waals surface area contributed by atoms with Crippen molar-refractivity contribution in [1.82, 2.24) is 9.88 Å². The van der Waals surface area contributed by atoms with Gasteiger partial charge in [0.15, 0.2) is 5.43 Å². The lowest BCUT2D eigenvalue weighted by atomic mass is 10.1. The summed E-state index contributed by atoms with van der Waals surface area (Å²) in [4.78, 5) is 33.3. The third kappa shape index (κ3) is 4.33. The molecule has 1 aromatic heterocycles. The maximum atomic E-state index is 13.3. The molecule has 1 fully saturated rings. The minimum absolute atomic E-state index is 0.0836. The van der Waals surface area contributed by atoms with Crippen molar-refractivity contribution in [1.29, 1.82) is 0 Å². The Morgan fingerprint density at radius 2 is 1.89 bits per heavy atom. The lowest BCUT2D eigenvalue weighted by Crippen LogP contribution is -2.30. The Hall–Kier alpha value is -2.34. The number of ether oxygens (including phenoxy) is 1. The number of fused-ring (bicyclic) bond motifs is 1. The van der Waals surface area contributed by atoms with E-state index < -0.39 is 5.97 Å². The van der Waals surface area contributed by atoms with Gasteiger partial charge in [-0.15, -0.1) is 0 Å². The molecule has 6 nitrogen and oxygen atoms in total. The number of benzene rings is 1. The molecule has 2 heterocycles. The molecule has 0 spiro atoms. The summed E-state index contributed by atoms with van der Waals surface area (Å²) >= 11 is 0. The number of hydrogen-bond acceptors (Lipinski definition) is 5. The molecule has 0 atom stereocenters. The van der Waals surface area contributed by atoms with Crippen molar-refractivity contribution in [2.75, 3.05) is 38.7 Å². The van der Waals surface area contributed by atoms with Gasteiger partial charge >= 0.3 is 5.97 Å². The number of carbonyl (C=O) groups is 1. The highest BCUT2D eigenvalue weighted by molar-refractivity contribution is 5.93. The third-order valence-corrected chi connectivity index (χ3v) is 5.16. The van der Waals surface area contributed by atoms with Crippen LogP contribution >= 0.6 is 0 Å². The monoisotopic (exact) mass is 371 g/mol. The molecule has 146 valence electrons. The number of anilines is 1. The molecule has 0 bridgehead atoms. The minimum Gasteiger partial charge on any atom is -0.461 e. The first-order chi connectivity index (χ1) is 13.0. The van der Waals surface area contributed by atoms with Crippen LogP contribution in [0.2, 0.25) is 0 Å². The van der Waals surface area contributed by atoms with E-state index in [1.54, 1.807) is 6.92 Å². The quantitative estimate of drug-likeness (QED) is 0.818. The number of H-pyrrole nitrogens is 1. The minimum atomic E-state index is -0.460. The molecule has 1 aromatic carbocycles. The van der Waals surface area contributed by atoms with Gasteiger partial charge in [0.2, 0.25) is 0 Å². The number of esters is 1. The first kappa shape index (κ1) is 19.4. The molecule has 27 heavy (non-hydrogen) atoms. The predicted molar refractivity (Wildman–Crippen MR) is 109 cm³/mol. The van der Waals surface area contributed by atoms with Crippen LogP contribution in [-0.2, 0) is 11.3 Å². The Morgan fingerprint density at radius 3 is 2.52 bits per heavy atom. The third-order valence-electron chi connectivity index (χ3n) is 5.16. The zero-order valence-corrected chi connectivity index (χ0v) is 16.5. The zero-order valence-electron chi connectivity index (χ0n) is 16.5. The Labute approximate surface area is 160 Å². The molecule has 0 radical (unpaired) electrons. The number of pyridine rings is 1. The average molecular weight is 371 g/mol. The van der Waals surface area contributed by atoms with Crippen molar-refractivity contribution in [3.8, 4) is 0 Å². The Bertz CT molecular complexity index is 865. The fourth-order valence-corrected chi connectivity index (χ4v) is 3.64. The topological polar surface area (TPSA) is 65.6 Å². The molecular weight excluding hydrogens is 342 g/mol. The van der Waals surface area contributed by atoms with Crippen LogP contribution in [0.15, 0.2) is 23.0 Å². The number of nitrogens with one attached hydrogen (secondary N) is 1. The maximum absolute atomic E-state index is 13.3. The standard InChI is InChI=1S/C21H29N3O3/c1-4-27-21(26)19-17(14-24-11-7-5-6-8-12-24)20(25)16-13-15(23(2)3)9-10-18(16)22-19/h9-10,13H,4-8,11-12,14H2,1-3H3,(H,22,25). The van der Waals surface area contributed by atoms with Gasteiger partial charge in [-0.05, 0) is 51.1 Å². The molecule has 1 aliphatic heterocycles. The summed E-state index contributed by atoms with van der Waals surface area (Å²) in [7, 11) is 3.89. The number of aromatic amines is 1. The molecule has 3 rings (SSSR count). The van der Waals surface area contributed by atoms with Crippen molar-refractivity contribution >= 4 is 22.6 Å². The lowest BCUT2D eigenvalue weighted by Gasteiger charge is -2.21. The number of hydrogen-bond donors (Lipinski definition) is 1. The van der Waals surface area contributed by atoms with Crippen molar-refractivity contribution in [2.45, 2.75) is 39.2 Å². The van der Waals surface area contributed by atoms with Gasteiger partial charge in [-0.1, -0.05) is 12.8 Å². The Morgan fingerprint density at radius 1 is 1.19 bits per heavy atom. The molecule has 0 aliphatic carbocycles. The zero-order chi connectivity index (χ0) is 19.4. The van der Waals surface area contributed by atoms with Gasteiger partial charge in [0.25, 0.3) is 0 Å². The van der Waals surface area contributed by atoms with Gasteiger partial charge in [0.1, 0.15) is 5.69 Å². The molecule has 2 aromatic rings. The van der Waals surface area contributed by atoms with Crippen molar-refractivity contribution in [3.05, 3.63) is 39.7 Å². The molecule has 6 heteroatoms. The number of rotatable bonds is 5. The van der Waals surface area contributed by atoms with Crippen molar-refractivity contribution in [3.63, 3.8) is 0 Å². The number of likely N-dealkylation sites (tertiary alicyclic amines) is 1. The van der Waals surface area contributed by atoms with E-state index >= 15 is 0 Å². The average Bonchev–Trinajstić information content (AvgIpc) is 2.92. The largest absolute Gasteiger partial charge is 0.461 e. The summed E-state index contributed by atoms with van der Waals surface area (Å²) in [6.45, 7) is 4.44. The van der Waals surface area contributed by atoms with Gasteiger partial charge in [-0.25, -0.2) is 4.79 Å². The Kier molecular flexibility index (Phi) is 6.16. The van der Waals surface area contributed by atoms with Crippen molar-refractivity contribution in [2.24, 2.45) is 0 Å². The van der Waals surface area contributed by atoms with Crippen LogP contribution in [0.1, 0.15) is 48.7 Å². The summed E-state index contributed by atoms with van der Waals surface area (Å²) in [6.07, 6.45) is 4.71. The second-order valence-corrected chi connectivity index (χ2v) is 7.34. The van der Waals surface area contributed by atoms with E-state index in [1.165, 1.54) is 12.8 Å². The molecule has 1 N–H and O–H groups in total. The van der Waals surface area contributed by atoms with Gasteiger partial charge in [-0.2, -0.15) is 0 Å². The second-order valence-electron chi connectivity index (χ2n) is 7.34. The summed E-state index contributed by atoms with van der Waals surface area (Å²) in [5.41, 5.74) is 2.33. The van der Waals surface area contributed by atoms with Crippen molar-refractivity contribution < 1.29 is 9.53 Å². The maximum Gasteiger partial charge on any atom is 0.355 e. The second kappa shape index (κ2) is 8.57. The highest BCUT2D eigenvalue weighted by Crippen LogP contribution is 2.21. The first-order valence-corrected chi connectivity index (χ1v) is 9.77. The summed E-state index contributed by atoms with van der Waals surface area (Å²) < 4.78 is 5.21. The van der Waals surface area contributed by atoms with Crippen LogP contribution in [-0.4, -0.2) is 49.6 Å². The van der Waals surface area contributed by atoms with Crippen LogP contribution in [0.25, 0.3) is 10.9 Å². The molecule has 1 saturated heterocycles. The van der Waals surface area contributed by atoms with Gasteiger partial charge in [0.05, 0.1) is 12.1 Å². The normalized spacial score (nSPS) is 15.5. The molecular formula is C21H29N3O3. The number of nitrogens with zero attached hydrogens (tertiary/aromatic N) is 2. The van der Waals surface area contributed by atoms with E-state index in [0.717, 1.165) is 31.6 Å². The fraction of sp³-hybridized carbons (Fsp3) is 0.524. The summed E-state index contributed by atoms with van der Waals surface area (Å²) in [5.74, 6) is -0.460. The predicted octanol–water partition coefficient (Wildman–Crippen LogP) is 3.15. The van der Waals surface area contributed by atoms with E-state index in [9.17, 15) is 9.59 Å². The van der Waals surface area contributed by atoms with Gasteiger partial charge in [0, 0.05) is 37.3 Å². The fourth-order valence-electron chi connectivity index (χ4n) is 3.64. The highest BCUT2D eigenvalue weighted by Gasteiger charge is 2.22. The summed E-state index contributed by atoms with van der Waals surface area (Å²) in [5, 5.41) is 0.610. The van der Waals surface area contributed by atoms with Crippen LogP contribution < -0.4 is 10.3 Å². The summed E-state index contributed by atoms with van der Waals surface area (Å²) in [6, 6.07) is 5.67. The van der Waals surface area contributed by atoms with E-state index in [1.807, 2.05) is 37.2 Å². The van der Waals surface area contributed by atoms with Crippen LogP contribution in [0.4, 0.5) is 5.69 Å². The molecule has 0 unspecified atom stereocenters. The van der Waals surface area contributed by atoms with E-state index in [-0.39, 0.29) is 17.7 Å². The Balaban J connectivity index is 2.10. The first-order valence-electron chi connectivity index (χ1n) is 9.77. The molecule has 0 amide bonds. The van der Waals surface area contributed by atoms with E-state index in [2.05, 4.69) is 9.88 Å². The SMILES string of the molecule is CCOC(=O)c1[nH]c2ccc(N(C)C)cc2c(=O)c1CN1CCCCCC1. The van der Waals surface area contributed by atoms with Gasteiger partial charge in [-0.3, -0.25) is 9.69 Å². The van der Waals surface area contributed by atoms with E-state index in [0.29, 0.717) is 23.0 Å². The highest BCUT2D eigenvalue weighted by atomic mass is 16.5. The van der Waals surface area contributed by atoms with Crippen LogP contribution in [0, 0.1) is 0 Å². The lowest BCUT2D eigenvalue weighted by molar-refractivity contribution is 0.0517. The molecule has 0 saturated carbocycles. The van der Waals surface area contributed by atoms with Crippen LogP contribution in [0.5, 0.6) is 0 Å². The smallest absolute Gasteiger partial charge is 0.355 e. The number of carbonyl (C=O) groups excluding carboxylic acids is 1. The number of aromatic nitrogens is 1. The molecule has 1 aliphatic rings. The van der Waals surface area contributed by atoms with Crippen LogP contribution in [0.3, 0.4) is 0 Å².